The summed E-state index contributed by atoms with van der Waals surface area (Å²) >= 11 is 6.29. The lowest BCUT2D eigenvalue weighted by Gasteiger charge is -2.20. The zero-order chi connectivity index (χ0) is 24.4. The van der Waals surface area contributed by atoms with Crippen LogP contribution in [0.25, 0.3) is 0 Å². The molecule has 0 radical (unpaired) electrons. The van der Waals surface area contributed by atoms with Gasteiger partial charge >= 0.3 is 0 Å². The summed E-state index contributed by atoms with van der Waals surface area (Å²) in [6.45, 7) is 7.90. The summed E-state index contributed by atoms with van der Waals surface area (Å²) in [4.78, 5) is 25.2. The smallest absolute Gasteiger partial charge is 0.262 e. The highest BCUT2D eigenvalue weighted by Crippen LogP contribution is 2.36. The van der Waals surface area contributed by atoms with Gasteiger partial charge in [0.25, 0.3) is 11.8 Å². The van der Waals surface area contributed by atoms with Crippen molar-refractivity contribution < 1.29 is 19.1 Å². The highest BCUT2D eigenvalue weighted by atomic mass is 35.5. The van der Waals surface area contributed by atoms with Gasteiger partial charge in [-0.3, -0.25) is 9.59 Å². The lowest BCUT2D eigenvalue weighted by molar-refractivity contribution is -0.123. The molecule has 0 saturated carbocycles. The van der Waals surface area contributed by atoms with Crippen LogP contribution in [0.4, 0.5) is 0 Å². The van der Waals surface area contributed by atoms with E-state index >= 15 is 0 Å². The Kier molecular flexibility index (Phi) is 9.77. The second kappa shape index (κ2) is 12.5. The molecule has 0 saturated heterocycles. The number of terminal acetylenes is 1. The van der Waals surface area contributed by atoms with Crippen molar-refractivity contribution in [1.82, 2.24) is 10.7 Å². The number of nitrogens with one attached hydrogen (secondary N) is 2. The van der Waals surface area contributed by atoms with Gasteiger partial charge in [-0.1, -0.05) is 49.1 Å². The molecule has 2 aromatic rings. The Balaban J connectivity index is 2.10. The fourth-order valence-electron chi connectivity index (χ4n) is 2.88. The summed E-state index contributed by atoms with van der Waals surface area (Å²) in [7, 11) is 0. The SMILES string of the molecule is C#CCOc1c(Cl)cc(/C=N/NC(=O)C(NC(=O)c2ccc(C)cc2)C(C)C)cc1OCC. The lowest BCUT2D eigenvalue weighted by atomic mass is 10.0. The number of amides is 2. The van der Waals surface area contributed by atoms with Crippen LogP contribution in [0, 0.1) is 25.2 Å². The van der Waals surface area contributed by atoms with Crippen molar-refractivity contribution in [2.75, 3.05) is 13.2 Å². The number of carbonyl (C=O) groups is 2. The first-order valence-electron chi connectivity index (χ1n) is 10.5. The van der Waals surface area contributed by atoms with Gasteiger partial charge in [-0.2, -0.15) is 5.10 Å². The van der Waals surface area contributed by atoms with E-state index in [2.05, 4.69) is 21.8 Å². The molecule has 1 atom stereocenters. The van der Waals surface area contributed by atoms with Crippen molar-refractivity contribution in [1.29, 1.82) is 0 Å². The van der Waals surface area contributed by atoms with Crippen molar-refractivity contribution in [3.8, 4) is 23.8 Å². The molecule has 0 aliphatic carbocycles. The number of aryl methyl sites for hydroxylation is 1. The number of hydrogen-bond donors (Lipinski definition) is 2. The molecule has 0 aromatic heterocycles. The van der Waals surface area contributed by atoms with Crippen LogP contribution in [0.5, 0.6) is 11.5 Å². The maximum absolute atomic E-state index is 12.7. The van der Waals surface area contributed by atoms with Crippen LogP contribution in [0.3, 0.4) is 0 Å². The van der Waals surface area contributed by atoms with Gasteiger partial charge in [0.15, 0.2) is 11.5 Å². The Morgan fingerprint density at radius 1 is 1.21 bits per heavy atom. The summed E-state index contributed by atoms with van der Waals surface area (Å²) in [5, 5.41) is 7.07. The lowest BCUT2D eigenvalue weighted by Crippen LogP contribution is -2.48. The number of hydrazone groups is 1. The van der Waals surface area contributed by atoms with E-state index in [1.807, 2.05) is 39.8 Å². The van der Waals surface area contributed by atoms with Crippen molar-refractivity contribution in [2.45, 2.75) is 33.7 Å². The molecule has 33 heavy (non-hydrogen) atoms. The molecule has 0 heterocycles. The number of benzene rings is 2. The molecule has 7 nitrogen and oxygen atoms in total. The quantitative estimate of drug-likeness (QED) is 0.313. The van der Waals surface area contributed by atoms with Gasteiger partial charge in [-0.25, -0.2) is 5.43 Å². The first-order chi connectivity index (χ1) is 15.8. The first-order valence-corrected chi connectivity index (χ1v) is 10.9. The summed E-state index contributed by atoms with van der Waals surface area (Å²) in [5.41, 5.74) is 4.58. The van der Waals surface area contributed by atoms with Crippen molar-refractivity contribution in [3.63, 3.8) is 0 Å². The van der Waals surface area contributed by atoms with Crippen LogP contribution in [-0.2, 0) is 4.79 Å². The molecule has 0 fully saturated rings. The molecule has 0 aliphatic rings. The minimum absolute atomic E-state index is 0.0498. The molecule has 2 amide bonds. The first kappa shape index (κ1) is 25.8. The highest BCUT2D eigenvalue weighted by Gasteiger charge is 2.24. The fraction of sp³-hybridized carbons (Fsp3) is 0.320. The van der Waals surface area contributed by atoms with Crippen LogP contribution < -0.4 is 20.2 Å². The number of halogens is 1. The predicted molar refractivity (Wildman–Crippen MR) is 130 cm³/mol. The van der Waals surface area contributed by atoms with Gasteiger partial charge in [0, 0.05) is 5.56 Å². The second-order valence-corrected chi connectivity index (χ2v) is 7.96. The molecule has 174 valence electrons. The molecule has 2 N–H and O–H groups in total. The average Bonchev–Trinajstić information content (AvgIpc) is 2.77. The number of nitrogens with zero attached hydrogens (tertiary/aromatic N) is 1. The summed E-state index contributed by atoms with van der Waals surface area (Å²) in [6, 6.07) is 9.64. The van der Waals surface area contributed by atoms with E-state index < -0.39 is 11.9 Å². The number of carbonyl (C=O) groups excluding carboxylic acids is 2. The van der Waals surface area contributed by atoms with Gasteiger partial charge in [-0.15, -0.1) is 6.42 Å². The molecule has 1 unspecified atom stereocenters. The van der Waals surface area contributed by atoms with Gasteiger partial charge in [0.1, 0.15) is 12.6 Å². The number of ether oxygens (including phenoxy) is 2. The van der Waals surface area contributed by atoms with Gasteiger partial charge < -0.3 is 14.8 Å². The van der Waals surface area contributed by atoms with Crippen LogP contribution in [0.1, 0.15) is 42.3 Å². The van der Waals surface area contributed by atoms with Crippen LogP contribution in [-0.4, -0.2) is 37.3 Å². The van der Waals surface area contributed by atoms with Gasteiger partial charge in [0.2, 0.25) is 0 Å². The van der Waals surface area contributed by atoms with E-state index in [1.165, 1.54) is 6.21 Å². The normalized spacial score (nSPS) is 11.7. The maximum atomic E-state index is 12.7. The third-order valence-electron chi connectivity index (χ3n) is 4.57. The van der Waals surface area contributed by atoms with Crippen LogP contribution in [0.15, 0.2) is 41.5 Å². The average molecular weight is 470 g/mol. The van der Waals surface area contributed by atoms with E-state index in [0.29, 0.717) is 34.3 Å². The fourth-order valence-corrected chi connectivity index (χ4v) is 3.16. The van der Waals surface area contributed by atoms with E-state index in [1.54, 1.807) is 24.3 Å². The minimum Gasteiger partial charge on any atom is -0.490 e. The van der Waals surface area contributed by atoms with Crippen molar-refractivity contribution in [2.24, 2.45) is 11.0 Å². The summed E-state index contributed by atoms with van der Waals surface area (Å²) in [6.07, 6.45) is 6.67. The predicted octanol–water partition coefficient (Wildman–Crippen LogP) is 3.96. The zero-order valence-electron chi connectivity index (χ0n) is 19.1. The summed E-state index contributed by atoms with van der Waals surface area (Å²) < 4.78 is 11.0. The van der Waals surface area contributed by atoms with Crippen molar-refractivity contribution >= 4 is 29.6 Å². The molecular formula is C25H28ClN3O4. The maximum Gasteiger partial charge on any atom is 0.262 e. The Labute approximate surface area is 199 Å². The molecule has 0 aliphatic heterocycles. The van der Waals surface area contributed by atoms with Crippen molar-refractivity contribution in [3.05, 3.63) is 58.1 Å². The van der Waals surface area contributed by atoms with Gasteiger partial charge in [-0.05, 0) is 49.6 Å². The largest absolute Gasteiger partial charge is 0.490 e. The number of rotatable bonds is 10. The monoisotopic (exact) mass is 469 g/mol. The molecule has 2 rings (SSSR count). The zero-order valence-corrected chi connectivity index (χ0v) is 19.9. The Bertz CT molecular complexity index is 1040. The molecule has 0 bridgehead atoms. The van der Waals surface area contributed by atoms with Crippen LogP contribution in [0.2, 0.25) is 5.02 Å². The Hall–Kier alpha value is -3.50. The van der Waals surface area contributed by atoms with E-state index in [0.717, 1.165) is 5.56 Å². The second-order valence-electron chi connectivity index (χ2n) is 7.55. The molecule has 2 aromatic carbocycles. The van der Waals surface area contributed by atoms with E-state index in [9.17, 15) is 9.59 Å². The third-order valence-corrected chi connectivity index (χ3v) is 4.85. The van der Waals surface area contributed by atoms with E-state index in [4.69, 9.17) is 27.5 Å². The van der Waals surface area contributed by atoms with Gasteiger partial charge in [0.05, 0.1) is 17.8 Å². The topological polar surface area (TPSA) is 89.0 Å². The Morgan fingerprint density at radius 2 is 1.91 bits per heavy atom. The third kappa shape index (κ3) is 7.55. The number of hydrogen-bond acceptors (Lipinski definition) is 5. The highest BCUT2D eigenvalue weighted by molar-refractivity contribution is 6.32. The molecule has 0 spiro atoms. The Morgan fingerprint density at radius 3 is 2.52 bits per heavy atom. The minimum atomic E-state index is -0.766. The van der Waals surface area contributed by atoms with Crippen LogP contribution >= 0.6 is 11.6 Å². The standard InChI is InChI=1S/C25H28ClN3O4/c1-6-12-33-23-20(26)13-18(14-21(23)32-7-2)15-27-29-25(31)22(16(3)4)28-24(30)19-10-8-17(5)9-11-19/h1,8-11,13-16,22H,7,12H2,2-5H3,(H,28,30)(H,29,31)/b27-15+. The summed E-state index contributed by atoms with van der Waals surface area (Å²) in [5.74, 6) is 2.22. The molecule has 8 heteroatoms. The molecular weight excluding hydrogens is 442 g/mol. The van der Waals surface area contributed by atoms with E-state index in [-0.39, 0.29) is 18.4 Å².